The number of benzene rings is 1. The van der Waals surface area contributed by atoms with Gasteiger partial charge in [0.2, 0.25) is 10.0 Å². The van der Waals surface area contributed by atoms with Gasteiger partial charge in [-0.05, 0) is 24.3 Å². The van der Waals surface area contributed by atoms with Gasteiger partial charge in [0.25, 0.3) is 5.91 Å². The van der Waals surface area contributed by atoms with Crippen LogP contribution in [0.2, 0.25) is 0 Å². The van der Waals surface area contributed by atoms with Crippen LogP contribution in [-0.4, -0.2) is 35.8 Å². The van der Waals surface area contributed by atoms with Crippen LogP contribution in [0.3, 0.4) is 0 Å². The van der Waals surface area contributed by atoms with Crippen LogP contribution in [0.4, 0.5) is 0 Å². The molecule has 0 saturated heterocycles. The summed E-state index contributed by atoms with van der Waals surface area (Å²) in [7, 11) is -3.77. The fourth-order valence-corrected chi connectivity index (χ4v) is 3.25. The molecule has 0 fully saturated rings. The Balaban J connectivity index is 1.61. The minimum absolute atomic E-state index is 0.000668. The number of aromatic nitrogens is 3. The van der Waals surface area contributed by atoms with E-state index in [1.807, 2.05) is 0 Å². The molecule has 0 bridgehead atoms. The zero-order valence-corrected chi connectivity index (χ0v) is 14.5. The fraction of sp³-hybridized carbons (Fsp3) is 0.188. The zero-order valence-electron chi connectivity index (χ0n) is 13.7. The van der Waals surface area contributed by atoms with Crippen LogP contribution in [0, 0.1) is 0 Å². The maximum atomic E-state index is 12.4. The van der Waals surface area contributed by atoms with E-state index in [0.717, 1.165) is 0 Å². The fourth-order valence-electron chi connectivity index (χ4n) is 2.20. The highest BCUT2D eigenvalue weighted by Crippen LogP contribution is 2.12. The average molecular weight is 375 g/mol. The van der Waals surface area contributed by atoms with Crippen molar-refractivity contribution >= 4 is 15.9 Å². The number of hydrogen-bond acceptors (Lipinski definition) is 6. The van der Waals surface area contributed by atoms with Gasteiger partial charge in [-0.25, -0.2) is 13.1 Å². The SMILES string of the molecule is O=C(NCCn1cccn1)c1cccc(S(=O)(=O)NCc2ccon2)c1. The molecule has 2 N–H and O–H groups in total. The molecule has 3 aromatic rings. The molecule has 0 spiro atoms. The van der Waals surface area contributed by atoms with E-state index < -0.39 is 10.0 Å². The van der Waals surface area contributed by atoms with E-state index in [9.17, 15) is 13.2 Å². The molecule has 0 aliphatic carbocycles. The first kappa shape index (κ1) is 17.8. The van der Waals surface area contributed by atoms with Gasteiger partial charge in [0.1, 0.15) is 6.26 Å². The third kappa shape index (κ3) is 4.55. The number of hydrogen-bond donors (Lipinski definition) is 2. The molecule has 1 amide bonds. The predicted octanol–water partition coefficient (Wildman–Crippen LogP) is 0.780. The zero-order chi connectivity index (χ0) is 18.4. The molecule has 0 unspecified atom stereocenters. The first-order chi connectivity index (χ1) is 12.5. The largest absolute Gasteiger partial charge is 0.364 e. The molecule has 0 aliphatic rings. The van der Waals surface area contributed by atoms with Gasteiger partial charge in [0.15, 0.2) is 0 Å². The second kappa shape index (κ2) is 7.93. The van der Waals surface area contributed by atoms with Crippen molar-refractivity contribution in [1.82, 2.24) is 25.0 Å². The van der Waals surface area contributed by atoms with Gasteiger partial charge < -0.3 is 9.84 Å². The van der Waals surface area contributed by atoms with Gasteiger partial charge in [0.05, 0.1) is 23.7 Å². The Morgan fingerprint density at radius 2 is 2.12 bits per heavy atom. The molecule has 2 aromatic heterocycles. The molecule has 9 nitrogen and oxygen atoms in total. The third-order valence-electron chi connectivity index (χ3n) is 3.53. The standard InChI is InChI=1S/C16H17N5O4S/c22-16(17-7-9-21-8-2-6-18-21)13-3-1-4-15(11-13)26(23,24)19-12-14-5-10-25-20-14/h1-6,8,10-11,19H,7,9,12H2,(H,17,22). The lowest BCUT2D eigenvalue weighted by molar-refractivity contribution is 0.0951. The molecular formula is C16H17N5O4S. The van der Waals surface area contributed by atoms with Crippen LogP contribution in [-0.2, 0) is 23.1 Å². The molecule has 2 heterocycles. The molecule has 0 saturated carbocycles. The highest BCUT2D eigenvalue weighted by atomic mass is 32.2. The number of carbonyl (C=O) groups is 1. The summed E-state index contributed by atoms with van der Waals surface area (Å²) >= 11 is 0. The van der Waals surface area contributed by atoms with E-state index in [-0.39, 0.29) is 22.9 Å². The van der Waals surface area contributed by atoms with Gasteiger partial charge in [-0.1, -0.05) is 11.2 Å². The van der Waals surface area contributed by atoms with Gasteiger partial charge in [-0.3, -0.25) is 9.48 Å². The summed E-state index contributed by atoms with van der Waals surface area (Å²) in [6.45, 7) is 0.900. The summed E-state index contributed by atoms with van der Waals surface area (Å²) in [5.74, 6) is -0.356. The number of sulfonamides is 1. The van der Waals surface area contributed by atoms with E-state index in [2.05, 4.69) is 24.8 Å². The van der Waals surface area contributed by atoms with E-state index in [4.69, 9.17) is 0 Å². The van der Waals surface area contributed by atoms with Crippen LogP contribution in [0.1, 0.15) is 16.1 Å². The maximum absolute atomic E-state index is 12.4. The first-order valence-corrected chi connectivity index (χ1v) is 9.27. The number of rotatable bonds is 8. The Morgan fingerprint density at radius 3 is 2.85 bits per heavy atom. The minimum Gasteiger partial charge on any atom is -0.364 e. The van der Waals surface area contributed by atoms with Crippen LogP contribution in [0.5, 0.6) is 0 Å². The number of nitrogens with one attached hydrogen (secondary N) is 2. The second-order valence-electron chi connectivity index (χ2n) is 5.37. The van der Waals surface area contributed by atoms with Gasteiger partial charge >= 0.3 is 0 Å². The maximum Gasteiger partial charge on any atom is 0.251 e. The quantitative estimate of drug-likeness (QED) is 0.600. The van der Waals surface area contributed by atoms with E-state index >= 15 is 0 Å². The highest BCUT2D eigenvalue weighted by molar-refractivity contribution is 7.89. The molecule has 0 atom stereocenters. The van der Waals surface area contributed by atoms with Crippen molar-refractivity contribution in [3.05, 3.63) is 66.3 Å². The highest BCUT2D eigenvalue weighted by Gasteiger charge is 2.16. The van der Waals surface area contributed by atoms with Crippen molar-refractivity contribution < 1.29 is 17.7 Å². The smallest absolute Gasteiger partial charge is 0.251 e. The lowest BCUT2D eigenvalue weighted by Crippen LogP contribution is -2.28. The third-order valence-corrected chi connectivity index (χ3v) is 4.93. The molecule has 1 aromatic carbocycles. The minimum atomic E-state index is -3.77. The summed E-state index contributed by atoms with van der Waals surface area (Å²) in [4.78, 5) is 12.2. The Bertz CT molecular complexity index is 952. The molecule has 0 radical (unpaired) electrons. The summed E-state index contributed by atoms with van der Waals surface area (Å²) in [5.41, 5.74) is 0.718. The lowest BCUT2D eigenvalue weighted by Gasteiger charge is -2.08. The van der Waals surface area contributed by atoms with E-state index in [1.54, 1.807) is 35.3 Å². The number of amides is 1. The lowest BCUT2D eigenvalue weighted by atomic mass is 10.2. The molecular weight excluding hydrogens is 358 g/mol. The summed E-state index contributed by atoms with van der Waals surface area (Å²) in [6, 6.07) is 9.18. The van der Waals surface area contributed by atoms with Crippen molar-refractivity contribution in [3.63, 3.8) is 0 Å². The van der Waals surface area contributed by atoms with Gasteiger partial charge in [-0.2, -0.15) is 5.10 Å². The summed E-state index contributed by atoms with van der Waals surface area (Å²) < 4.78 is 33.5. The van der Waals surface area contributed by atoms with Gasteiger partial charge in [0, 0.05) is 30.6 Å². The van der Waals surface area contributed by atoms with Crippen LogP contribution >= 0.6 is 0 Å². The first-order valence-electron chi connectivity index (χ1n) is 7.79. The Hall–Kier alpha value is -2.98. The van der Waals surface area contributed by atoms with Gasteiger partial charge in [-0.15, -0.1) is 0 Å². The molecule has 0 aliphatic heterocycles. The Kier molecular flexibility index (Phi) is 5.44. The van der Waals surface area contributed by atoms with Crippen molar-refractivity contribution in [2.24, 2.45) is 0 Å². The molecule has 10 heteroatoms. The van der Waals surface area contributed by atoms with Crippen LogP contribution < -0.4 is 10.0 Å². The number of nitrogens with zero attached hydrogens (tertiary/aromatic N) is 3. The monoisotopic (exact) mass is 375 g/mol. The molecule has 136 valence electrons. The van der Waals surface area contributed by atoms with Crippen molar-refractivity contribution in [2.45, 2.75) is 18.0 Å². The Labute approximate surface area is 150 Å². The van der Waals surface area contributed by atoms with Crippen LogP contribution in [0.25, 0.3) is 0 Å². The molecule has 26 heavy (non-hydrogen) atoms. The van der Waals surface area contributed by atoms with Crippen molar-refractivity contribution in [1.29, 1.82) is 0 Å². The second-order valence-corrected chi connectivity index (χ2v) is 7.14. The normalized spacial score (nSPS) is 11.4. The Morgan fingerprint density at radius 1 is 1.23 bits per heavy atom. The van der Waals surface area contributed by atoms with E-state index in [0.29, 0.717) is 18.8 Å². The van der Waals surface area contributed by atoms with E-state index in [1.165, 1.54) is 24.5 Å². The number of carbonyl (C=O) groups excluding carboxylic acids is 1. The van der Waals surface area contributed by atoms with Crippen molar-refractivity contribution in [2.75, 3.05) is 6.54 Å². The summed E-state index contributed by atoms with van der Waals surface area (Å²) in [5, 5.41) is 10.4. The van der Waals surface area contributed by atoms with Crippen molar-refractivity contribution in [3.8, 4) is 0 Å². The topological polar surface area (TPSA) is 119 Å². The average Bonchev–Trinajstić information content (AvgIpc) is 3.34. The predicted molar refractivity (Wildman–Crippen MR) is 91.5 cm³/mol. The molecule has 3 rings (SSSR count). The van der Waals surface area contributed by atoms with Crippen LogP contribution in [0.15, 0.2) is 64.5 Å². The summed E-state index contributed by atoms with van der Waals surface area (Å²) in [6.07, 6.45) is 4.81.